The van der Waals surface area contributed by atoms with Gasteiger partial charge in [0.1, 0.15) is 0 Å². The fourth-order valence-corrected chi connectivity index (χ4v) is 2.09. The normalized spacial score (nSPS) is 10.4. The van der Waals surface area contributed by atoms with E-state index in [4.69, 9.17) is 23.2 Å². The van der Waals surface area contributed by atoms with Crippen LogP contribution in [-0.2, 0) is 4.79 Å². The predicted octanol–water partition coefficient (Wildman–Crippen LogP) is 4.71. The monoisotopic (exact) mass is 344 g/mol. The van der Waals surface area contributed by atoms with Crippen molar-refractivity contribution in [3.63, 3.8) is 0 Å². The fraction of sp³-hybridized carbons (Fsp3) is 0.133. The van der Waals surface area contributed by atoms with Gasteiger partial charge in [-0.25, -0.2) is 8.78 Å². The molecule has 0 spiro atoms. The Bertz CT molecular complexity index is 695. The van der Waals surface area contributed by atoms with Gasteiger partial charge in [-0.15, -0.1) is 0 Å². The molecular weight excluding hydrogens is 333 g/mol. The van der Waals surface area contributed by atoms with Crippen molar-refractivity contribution in [2.24, 2.45) is 0 Å². The molecule has 2 rings (SSSR count). The molecule has 116 valence electrons. The lowest BCUT2D eigenvalue weighted by atomic mass is 10.2. The second-order valence-electron chi connectivity index (χ2n) is 4.46. The van der Waals surface area contributed by atoms with E-state index in [1.54, 1.807) is 18.2 Å². The number of carbonyl (C=O) groups is 1. The molecule has 0 atom stereocenters. The smallest absolute Gasteiger partial charge is 0.226 e. The molecule has 3 nitrogen and oxygen atoms in total. The van der Waals surface area contributed by atoms with Crippen LogP contribution in [-0.4, -0.2) is 12.5 Å². The number of amides is 1. The van der Waals surface area contributed by atoms with Crippen LogP contribution in [0.4, 0.5) is 20.2 Å². The van der Waals surface area contributed by atoms with E-state index in [1.165, 1.54) is 6.07 Å². The molecule has 2 aromatic rings. The van der Waals surface area contributed by atoms with Crippen LogP contribution in [0.2, 0.25) is 10.0 Å². The summed E-state index contributed by atoms with van der Waals surface area (Å²) in [5, 5.41) is 6.07. The van der Waals surface area contributed by atoms with Crippen LogP contribution < -0.4 is 10.6 Å². The van der Waals surface area contributed by atoms with Crippen molar-refractivity contribution >= 4 is 40.5 Å². The van der Waals surface area contributed by atoms with Gasteiger partial charge in [-0.05, 0) is 30.3 Å². The molecular formula is C15H12Cl2F2N2O. The van der Waals surface area contributed by atoms with Gasteiger partial charge in [0, 0.05) is 18.7 Å². The Morgan fingerprint density at radius 1 is 1.09 bits per heavy atom. The zero-order valence-corrected chi connectivity index (χ0v) is 12.8. The lowest BCUT2D eigenvalue weighted by molar-refractivity contribution is -0.115. The van der Waals surface area contributed by atoms with Gasteiger partial charge in [0.2, 0.25) is 5.91 Å². The highest BCUT2D eigenvalue weighted by Gasteiger charge is 2.08. The average molecular weight is 345 g/mol. The van der Waals surface area contributed by atoms with Crippen molar-refractivity contribution in [2.45, 2.75) is 6.42 Å². The standard InChI is InChI=1S/C15H12Cl2F2N2O/c16-10-2-1-3-13(15(10)17)21-14(22)6-7-20-9-4-5-11(18)12(19)8-9/h1-5,8,20H,6-7H2,(H,21,22). The van der Waals surface area contributed by atoms with Crippen LogP contribution in [0.3, 0.4) is 0 Å². The molecule has 2 N–H and O–H groups in total. The molecule has 2 aromatic carbocycles. The Hall–Kier alpha value is -1.85. The van der Waals surface area contributed by atoms with E-state index < -0.39 is 11.6 Å². The van der Waals surface area contributed by atoms with E-state index >= 15 is 0 Å². The van der Waals surface area contributed by atoms with Gasteiger partial charge in [0.25, 0.3) is 0 Å². The van der Waals surface area contributed by atoms with E-state index in [9.17, 15) is 13.6 Å². The maximum atomic E-state index is 13.0. The summed E-state index contributed by atoms with van der Waals surface area (Å²) in [6.07, 6.45) is 0.127. The number of hydrogen-bond donors (Lipinski definition) is 2. The second-order valence-corrected chi connectivity index (χ2v) is 5.24. The molecule has 0 unspecified atom stereocenters. The van der Waals surface area contributed by atoms with E-state index in [1.807, 2.05) is 0 Å². The van der Waals surface area contributed by atoms with E-state index in [0.717, 1.165) is 12.1 Å². The molecule has 22 heavy (non-hydrogen) atoms. The Morgan fingerprint density at radius 2 is 1.86 bits per heavy atom. The largest absolute Gasteiger partial charge is 0.384 e. The number of halogens is 4. The molecule has 0 saturated heterocycles. The van der Waals surface area contributed by atoms with Gasteiger partial charge in [-0.2, -0.15) is 0 Å². The summed E-state index contributed by atoms with van der Waals surface area (Å²) in [7, 11) is 0. The Kier molecular flexibility index (Phi) is 5.57. The lowest BCUT2D eigenvalue weighted by Gasteiger charge is -2.09. The summed E-state index contributed by atoms with van der Waals surface area (Å²) in [4.78, 5) is 11.8. The minimum Gasteiger partial charge on any atom is -0.384 e. The minimum absolute atomic E-state index is 0.127. The Balaban J connectivity index is 1.85. The molecule has 1 amide bonds. The first-order chi connectivity index (χ1) is 10.5. The van der Waals surface area contributed by atoms with Gasteiger partial charge < -0.3 is 10.6 Å². The molecule has 0 aromatic heterocycles. The zero-order valence-electron chi connectivity index (χ0n) is 11.3. The number of carbonyl (C=O) groups excluding carboxylic acids is 1. The van der Waals surface area contributed by atoms with Gasteiger partial charge in [0.05, 0.1) is 15.7 Å². The van der Waals surface area contributed by atoms with Crippen LogP contribution in [0, 0.1) is 11.6 Å². The summed E-state index contributed by atoms with van der Waals surface area (Å²) >= 11 is 11.8. The summed E-state index contributed by atoms with van der Waals surface area (Å²) < 4.78 is 25.8. The van der Waals surface area contributed by atoms with Crippen molar-refractivity contribution in [3.8, 4) is 0 Å². The third kappa shape index (κ3) is 4.32. The fourth-order valence-electron chi connectivity index (χ4n) is 1.74. The van der Waals surface area contributed by atoms with Gasteiger partial charge >= 0.3 is 0 Å². The Labute approximate surface area is 136 Å². The van der Waals surface area contributed by atoms with Crippen molar-refractivity contribution in [1.29, 1.82) is 0 Å². The van der Waals surface area contributed by atoms with Gasteiger partial charge in [-0.1, -0.05) is 29.3 Å². The molecule has 0 aliphatic heterocycles. The SMILES string of the molecule is O=C(CCNc1ccc(F)c(F)c1)Nc1cccc(Cl)c1Cl. The van der Waals surface area contributed by atoms with Crippen LogP contribution in [0.25, 0.3) is 0 Å². The minimum atomic E-state index is -0.944. The second kappa shape index (κ2) is 7.42. The van der Waals surface area contributed by atoms with Gasteiger partial charge in [0.15, 0.2) is 11.6 Å². The summed E-state index contributed by atoms with van der Waals surface area (Å²) in [5.41, 5.74) is 0.819. The molecule has 0 heterocycles. The summed E-state index contributed by atoms with van der Waals surface area (Å²) in [5.74, 6) is -2.14. The molecule has 0 aliphatic carbocycles. The van der Waals surface area contributed by atoms with Crippen molar-refractivity contribution in [3.05, 3.63) is 58.1 Å². The maximum Gasteiger partial charge on any atom is 0.226 e. The van der Waals surface area contributed by atoms with Gasteiger partial charge in [-0.3, -0.25) is 4.79 Å². The lowest BCUT2D eigenvalue weighted by Crippen LogP contribution is -2.16. The molecule has 0 radical (unpaired) electrons. The number of benzene rings is 2. The third-order valence-electron chi connectivity index (χ3n) is 2.83. The van der Waals surface area contributed by atoms with Crippen molar-refractivity contribution in [1.82, 2.24) is 0 Å². The van der Waals surface area contributed by atoms with E-state index in [-0.39, 0.29) is 23.9 Å². The topological polar surface area (TPSA) is 41.1 Å². The quantitative estimate of drug-likeness (QED) is 0.824. The van der Waals surface area contributed by atoms with Crippen LogP contribution in [0.1, 0.15) is 6.42 Å². The average Bonchev–Trinajstić information content (AvgIpc) is 2.48. The van der Waals surface area contributed by atoms with Crippen molar-refractivity contribution < 1.29 is 13.6 Å². The highest BCUT2D eigenvalue weighted by Crippen LogP contribution is 2.29. The molecule has 7 heteroatoms. The number of nitrogens with one attached hydrogen (secondary N) is 2. The highest BCUT2D eigenvalue weighted by atomic mass is 35.5. The highest BCUT2D eigenvalue weighted by molar-refractivity contribution is 6.43. The van der Waals surface area contributed by atoms with Crippen LogP contribution >= 0.6 is 23.2 Å². The predicted molar refractivity (Wildman–Crippen MR) is 84.6 cm³/mol. The first-order valence-electron chi connectivity index (χ1n) is 6.40. The van der Waals surface area contributed by atoms with E-state index in [0.29, 0.717) is 16.4 Å². The number of anilines is 2. The van der Waals surface area contributed by atoms with Crippen molar-refractivity contribution in [2.75, 3.05) is 17.2 Å². The third-order valence-corrected chi connectivity index (χ3v) is 3.65. The Morgan fingerprint density at radius 3 is 2.59 bits per heavy atom. The molecule has 0 fully saturated rings. The summed E-state index contributed by atoms with van der Waals surface area (Å²) in [6.45, 7) is 0.259. The molecule has 0 bridgehead atoms. The first kappa shape index (κ1) is 16.5. The number of hydrogen-bond acceptors (Lipinski definition) is 2. The first-order valence-corrected chi connectivity index (χ1v) is 7.16. The molecule has 0 aliphatic rings. The van der Waals surface area contributed by atoms with Crippen LogP contribution in [0.15, 0.2) is 36.4 Å². The number of rotatable bonds is 5. The maximum absolute atomic E-state index is 13.0. The summed E-state index contributed by atoms with van der Waals surface area (Å²) in [6, 6.07) is 8.36. The zero-order chi connectivity index (χ0) is 16.1. The molecule has 0 saturated carbocycles. The van der Waals surface area contributed by atoms with E-state index in [2.05, 4.69) is 10.6 Å². The van der Waals surface area contributed by atoms with Crippen LogP contribution in [0.5, 0.6) is 0 Å².